The van der Waals surface area contributed by atoms with Crippen LogP contribution >= 0.6 is 15.9 Å². The van der Waals surface area contributed by atoms with Gasteiger partial charge in [-0.1, -0.05) is 28.1 Å². The van der Waals surface area contributed by atoms with Crippen LogP contribution in [0, 0.1) is 6.92 Å². The van der Waals surface area contributed by atoms with Gasteiger partial charge in [0.1, 0.15) is 5.82 Å². The van der Waals surface area contributed by atoms with E-state index in [4.69, 9.17) is 5.73 Å². The average Bonchev–Trinajstić information content (AvgIpc) is 2.35. The maximum Gasteiger partial charge on any atom is 0.128 e. The lowest BCUT2D eigenvalue weighted by Gasteiger charge is -2.19. The summed E-state index contributed by atoms with van der Waals surface area (Å²) >= 11 is 3.43. The Morgan fingerprint density at radius 3 is 2.56 bits per heavy atom. The number of anilines is 2. The number of nitrogens with zero attached hydrogens (tertiary/aromatic N) is 2. The third-order valence-electron chi connectivity index (χ3n) is 2.86. The van der Waals surface area contributed by atoms with E-state index >= 15 is 0 Å². The molecule has 0 radical (unpaired) electrons. The lowest BCUT2D eigenvalue weighted by Crippen LogP contribution is -2.17. The first-order chi connectivity index (χ1) is 8.56. The second kappa shape index (κ2) is 5.40. The van der Waals surface area contributed by atoms with E-state index in [0.717, 1.165) is 28.1 Å². The van der Waals surface area contributed by atoms with Gasteiger partial charge in [-0.05, 0) is 36.2 Å². The molecule has 94 valence electrons. The Balaban J connectivity index is 2.13. The first kappa shape index (κ1) is 12.9. The van der Waals surface area contributed by atoms with Crippen molar-refractivity contribution in [3.05, 3.63) is 52.1 Å². The highest BCUT2D eigenvalue weighted by atomic mass is 79.9. The number of aromatic nitrogens is 1. The predicted octanol–water partition coefficient (Wildman–Crippen LogP) is 3.37. The van der Waals surface area contributed by atoms with E-state index in [1.165, 1.54) is 5.56 Å². The first-order valence-corrected chi connectivity index (χ1v) is 6.53. The van der Waals surface area contributed by atoms with E-state index in [2.05, 4.69) is 37.9 Å². The molecule has 0 amide bonds. The van der Waals surface area contributed by atoms with E-state index in [1.54, 1.807) is 6.20 Å². The molecule has 3 nitrogen and oxygen atoms in total. The molecule has 1 aromatic carbocycles. The van der Waals surface area contributed by atoms with Crippen molar-refractivity contribution in [1.29, 1.82) is 0 Å². The molecule has 2 aromatic rings. The van der Waals surface area contributed by atoms with Gasteiger partial charge in [0, 0.05) is 18.1 Å². The van der Waals surface area contributed by atoms with Crippen LogP contribution in [0.2, 0.25) is 0 Å². The fourth-order valence-electron chi connectivity index (χ4n) is 1.71. The molecule has 0 fully saturated rings. The molecule has 0 aliphatic rings. The van der Waals surface area contributed by atoms with Crippen LogP contribution in [0.5, 0.6) is 0 Å². The lowest BCUT2D eigenvalue weighted by molar-refractivity contribution is 0.896. The van der Waals surface area contributed by atoms with Crippen molar-refractivity contribution >= 4 is 27.4 Å². The Labute approximate surface area is 116 Å². The number of nitrogen functional groups attached to an aromatic ring is 1. The van der Waals surface area contributed by atoms with Crippen molar-refractivity contribution in [2.45, 2.75) is 13.5 Å². The summed E-state index contributed by atoms with van der Waals surface area (Å²) in [6.45, 7) is 2.82. The van der Waals surface area contributed by atoms with E-state index in [0.29, 0.717) is 0 Å². The normalized spacial score (nSPS) is 10.4. The number of rotatable bonds is 3. The van der Waals surface area contributed by atoms with Crippen molar-refractivity contribution in [3.63, 3.8) is 0 Å². The Hall–Kier alpha value is -1.55. The summed E-state index contributed by atoms with van der Waals surface area (Å²) in [6.07, 6.45) is 1.71. The molecule has 2 N–H and O–H groups in total. The summed E-state index contributed by atoms with van der Waals surface area (Å²) in [7, 11) is 2.03. The van der Waals surface area contributed by atoms with Gasteiger partial charge >= 0.3 is 0 Å². The van der Waals surface area contributed by atoms with Crippen molar-refractivity contribution in [1.82, 2.24) is 4.98 Å². The Kier molecular flexibility index (Phi) is 3.87. The lowest BCUT2D eigenvalue weighted by atomic mass is 10.2. The SMILES string of the molecule is Cc1cc(N(C)Cc2ccc(Br)cc2)ncc1N. The monoisotopic (exact) mass is 305 g/mol. The molecule has 0 aliphatic carbocycles. The highest BCUT2D eigenvalue weighted by Gasteiger charge is 2.05. The fraction of sp³-hybridized carbons (Fsp3) is 0.214. The molecule has 0 saturated heterocycles. The minimum atomic E-state index is 0.732. The van der Waals surface area contributed by atoms with Crippen molar-refractivity contribution in [2.24, 2.45) is 0 Å². The fourth-order valence-corrected chi connectivity index (χ4v) is 1.97. The van der Waals surface area contributed by atoms with Crippen LogP contribution in [-0.2, 0) is 6.54 Å². The molecule has 0 bridgehead atoms. The number of benzene rings is 1. The van der Waals surface area contributed by atoms with Crippen LogP contribution in [-0.4, -0.2) is 12.0 Å². The molecule has 0 saturated carbocycles. The van der Waals surface area contributed by atoms with E-state index in [9.17, 15) is 0 Å². The van der Waals surface area contributed by atoms with Gasteiger partial charge in [0.2, 0.25) is 0 Å². The number of hydrogen-bond donors (Lipinski definition) is 1. The van der Waals surface area contributed by atoms with Crippen LogP contribution in [0.15, 0.2) is 41.0 Å². The van der Waals surface area contributed by atoms with Gasteiger partial charge in [-0.25, -0.2) is 4.98 Å². The van der Waals surface area contributed by atoms with Crippen LogP contribution in [0.3, 0.4) is 0 Å². The molecule has 4 heteroatoms. The molecule has 1 heterocycles. The van der Waals surface area contributed by atoms with Crippen LogP contribution in [0.1, 0.15) is 11.1 Å². The van der Waals surface area contributed by atoms with Crippen molar-refractivity contribution < 1.29 is 0 Å². The van der Waals surface area contributed by atoms with Gasteiger partial charge in [0.05, 0.1) is 11.9 Å². The second-order valence-corrected chi connectivity index (χ2v) is 5.30. The molecule has 0 aliphatic heterocycles. The largest absolute Gasteiger partial charge is 0.397 e. The average molecular weight is 306 g/mol. The van der Waals surface area contributed by atoms with Gasteiger partial charge < -0.3 is 10.6 Å². The zero-order chi connectivity index (χ0) is 13.1. The van der Waals surface area contributed by atoms with Gasteiger partial charge in [-0.2, -0.15) is 0 Å². The summed E-state index contributed by atoms with van der Waals surface area (Å²) < 4.78 is 1.09. The number of pyridine rings is 1. The molecular formula is C14H16BrN3. The zero-order valence-electron chi connectivity index (χ0n) is 10.5. The maximum atomic E-state index is 5.77. The molecule has 0 atom stereocenters. The molecule has 1 aromatic heterocycles. The molecular weight excluding hydrogens is 290 g/mol. The van der Waals surface area contributed by atoms with Crippen LogP contribution in [0.4, 0.5) is 11.5 Å². The highest BCUT2D eigenvalue weighted by Crippen LogP contribution is 2.18. The number of aryl methyl sites for hydroxylation is 1. The Morgan fingerprint density at radius 1 is 1.28 bits per heavy atom. The van der Waals surface area contributed by atoms with E-state index < -0.39 is 0 Å². The smallest absolute Gasteiger partial charge is 0.128 e. The quantitative estimate of drug-likeness (QED) is 0.945. The highest BCUT2D eigenvalue weighted by molar-refractivity contribution is 9.10. The third kappa shape index (κ3) is 3.01. The molecule has 0 unspecified atom stereocenters. The molecule has 2 rings (SSSR count). The Morgan fingerprint density at radius 2 is 1.94 bits per heavy atom. The number of halogens is 1. The summed E-state index contributed by atoms with van der Waals surface area (Å²) in [5, 5.41) is 0. The van der Waals surface area contributed by atoms with Crippen LogP contribution in [0.25, 0.3) is 0 Å². The summed E-state index contributed by atoms with van der Waals surface area (Å²) in [5.41, 5.74) is 8.81. The summed E-state index contributed by atoms with van der Waals surface area (Å²) in [5.74, 6) is 0.935. The van der Waals surface area contributed by atoms with Gasteiger partial charge in [0.15, 0.2) is 0 Å². The topological polar surface area (TPSA) is 42.2 Å². The van der Waals surface area contributed by atoms with Crippen LogP contribution < -0.4 is 10.6 Å². The summed E-state index contributed by atoms with van der Waals surface area (Å²) in [4.78, 5) is 6.45. The van der Waals surface area contributed by atoms with Gasteiger partial charge in [0.25, 0.3) is 0 Å². The maximum absolute atomic E-state index is 5.77. The molecule has 18 heavy (non-hydrogen) atoms. The summed E-state index contributed by atoms with van der Waals surface area (Å²) in [6, 6.07) is 10.3. The standard InChI is InChI=1S/C14H16BrN3/c1-10-7-14(17-8-13(10)16)18(2)9-11-3-5-12(15)6-4-11/h3-8H,9,16H2,1-2H3. The van der Waals surface area contributed by atoms with Crippen molar-refractivity contribution in [3.8, 4) is 0 Å². The zero-order valence-corrected chi connectivity index (χ0v) is 12.1. The number of nitrogens with two attached hydrogens (primary N) is 1. The molecule has 0 spiro atoms. The van der Waals surface area contributed by atoms with E-state index in [-0.39, 0.29) is 0 Å². The predicted molar refractivity (Wildman–Crippen MR) is 79.6 cm³/mol. The third-order valence-corrected chi connectivity index (χ3v) is 3.39. The second-order valence-electron chi connectivity index (χ2n) is 4.38. The van der Waals surface area contributed by atoms with E-state index in [1.807, 2.05) is 32.2 Å². The Bertz CT molecular complexity index is 537. The number of hydrogen-bond acceptors (Lipinski definition) is 3. The minimum Gasteiger partial charge on any atom is -0.397 e. The van der Waals surface area contributed by atoms with Crippen molar-refractivity contribution in [2.75, 3.05) is 17.7 Å². The minimum absolute atomic E-state index is 0.732. The van der Waals surface area contributed by atoms with Gasteiger partial charge in [-0.15, -0.1) is 0 Å². The van der Waals surface area contributed by atoms with Gasteiger partial charge in [-0.3, -0.25) is 0 Å². The first-order valence-electron chi connectivity index (χ1n) is 5.74.